The minimum atomic E-state index is -0.0955. The Morgan fingerprint density at radius 2 is 1.59 bits per heavy atom. The van der Waals surface area contributed by atoms with Gasteiger partial charge in [0.1, 0.15) is 12.3 Å². The van der Waals surface area contributed by atoms with E-state index in [9.17, 15) is 9.59 Å². The van der Waals surface area contributed by atoms with Crippen molar-refractivity contribution < 1.29 is 14.3 Å². The van der Waals surface area contributed by atoms with Gasteiger partial charge in [-0.25, -0.2) is 0 Å². The number of amides is 2. The molecule has 0 saturated carbocycles. The number of piperazine rings is 1. The molecule has 2 fully saturated rings. The minimum Gasteiger partial charge on any atom is -0.494 e. The maximum Gasteiger partial charge on any atom is 0.254 e. The van der Waals surface area contributed by atoms with Gasteiger partial charge in [-0.3, -0.25) is 9.59 Å². The molecule has 2 saturated heterocycles. The molecule has 0 unspecified atom stereocenters. The highest BCUT2D eigenvalue weighted by Crippen LogP contribution is 2.22. The molecule has 0 spiro atoms. The van der Waals surface area contributed by atoms with E-state index >= 15 is 0 Å². The smallest absolute Gasteiger partial charge is 0.254 e. The summed E-state index contributed by atoms with van der Waals surface area (Å²) in [4.78, 5) is 31.2. The average molecular weight is 458 g/mol. The Bertz CT molecular complexity index is 870. The van der Waals surface area contributed by atoms with Crippen LogP contribution in [0.25, 0.3) is 0 Å². The third-order valence-corrected chi connectivity index (χ3v) is 6.01. The van der Waals surface area contributed by atoms with E-state index in [1.54, 1.807) is 21.9 Å². The first-order valence-corrected chi connectivity index (χ1v) is 11.3. The summed E-state index contributed by atoms with van der Waals surface area (Å²) in [7, 11) is 0. The lowest BCUT2D eigenvalue weighted by Crippen LogP contribution is -2.52. The van der Waals surface area contributed by atoms with Gasteiger partial charge < -0.3 is 19.4 Å². The zero-order chi connectivity index (χ0) is 21.5. The molecule has 2 aromatic carbocycles. The molecule has 172 valence electrons. The Labute approximate surface area is 196 Å². The number of likely N-dealkylation sites (tertiary alicyclic amines) is 1. The number of anilines is 1. The van der Waals surface area contributed by atoms with Crippen LogP contribution in [0.2, 0.25) is 0 Å². The van der Waals surface area contributed by atoms with Crippen molar-refractivity contribution in [3.63, 3.8) is 0 Å². The maximum atomic E-state index is 12.7. The van der Waals surface area contributed by atoms with Crippen LogP contribution in [0.1, 0.15) is 36.0 Å². The standard InChI is InChI=1S/C25H31N3O3.ClH/c29-24-20-27(25(30)21-8-3-1-4-9-21)17-18-28(24)22-10-12-23(13-11-22)31-19-7-16-26-14-5-2-6-15-26;/h1,3-4,8-13H,2,5-7,14-20H2;1H. The summed E-state index contributed by atoms with van der Waals surface area (Å²) in [5.74, 6) is 0.667. The Hall–Kier alpha value is -2.57. The molecular formula is C25H32ClN3O3. The van der Waals surface area contributed by atoms with Crippen LogP contribution < -0.4 is 9.64 Å². The molecule has 0 atom stereocenters. The number of benzene rings is 2. The number of hydrogen-bond acceptors (Lipinski definition) is 4. The van der Waals surface area contributed by atoms with Gasteiger partial charge in [-0.15, -0.1) is 12.4 Å². The first-order valence-electron chi connectivity index (χ1n) is 11.3. The summed E-state index contributed by atoms with van der Waals surface area (Å²) in [5.41, 5.74) is 1.46. The quantitative estimate of drug-likeness (QED) is 0.592. The summed E-state index contributed by atoms with van der Waals surface area (Å²) in [6.45, 7) is 5.34. The molecule has 0 aromatic heterocycles. The highest BCUT2D eigenvalue weighted by molar-refractivity contribution is 6.01. The number of halogens is 1. The van der Waals surface area contributed by atoms with E-state index in [-0.39, 0.29) is 30.8 Å². The molecule has 4 rings (SSSR count). The number of carbonyl (C=O) groups excluding carboxylic acids is 2. The summed E-state index contributed by atoms with van der Waals surface area (Å²) < 4.78 is 5.88. The van der Waals surface area contributed by atoms with Gasteiger partial charge in [-0.2, -0.15) is 0 Å². The number of hydrogen-bond donors (Lipinski definition) is 0. The molecule has 0 radical (unpaired) electrons. The third kappa shape index (κ3) is 6.24. The van der Waals surface area contributed by atoms with Crippen LogP contribution in [0.3, 0.4) is 0 Å². The summed E-state index contributed by atoms with van der Waals surface area (Å²) in [6, 6.07) is 16.8. The molecule has 2 heterocycles. The van der Waals surface area contributed by atoms with Gasteiger partial charge in [-0.05, 0) is 68.8 Å². The van der Waals surface area contributed by atoms with Gasteiger partial charge in [0.05, 0.1) is 6.61 Å². The molecule has 2 aliphatic rings. The van der Waals surface area contributed by atoms with Crippen molar-refractivity contribution in [2.24, 2.45) is 0 Å². The maximum absolute atomic E-state index is 12.7. The molecule has 2 aliphatic heterocycles. The third-order valence-electron chi connectivity index (χ3n) is 6.01. The van der Waals surface area contributed by atoms with Gasteiger partial charge in [0.15, 0.2) is 0 Å². The van der Waals surface area contributed by atoms with Crippen molar-refractivity contribution in [2.45, 2.75) is 25.7 Å². The fourth-order valence-electron chi connectivity index (χ4n) is 4.27. The molecule has 0 bridgehead atoms. The van der Waals surface area contributed by atoms with Gasteiger partial charge in [0.25, 0.3) is 5.91 Å². The van der Waals surface area contributed by atoms with Crippen LogP contribution >= 0.6 is 12.4 Å². The summed E-state index contributed by atoms with van der Waals surface area (Å²) in [5, 5.41) is 0. The highest BCUT2D eigenvalue weighted by atomic mass is 35.5. The van der Waals surface area contributed by atoms with E-state index in [0.29, 0.717) is 25.3 Å². The zero-order valence-corrected chi connectivity index (χ0v) is 19.3. The van der Waals surface area contributed by atoms with Crippen molar-refractivity contribution in [1.82, 2.24) is 9.80 Å². The lowest BCUT2D eigenvalue weighted by atomic mass is 10.1. The number of rotatable bonds is 7. The Kier molecular flexibility index (Phi) is 8.94. The largest absolute Gasteiger partial charge is 0.494 e. The predicted octanol–water partition coefficient (Wildman–Crippen LogP) is 3.85. The van der Waals surface area contributed by atoms with E-state index in [4.69, 9.17) is 4.74 Å². The molecule has 0 N–H and O–H groups in total. The van der Waals surface area contributed by atoms with Gasteiger partial charge in [0.2, 0.25) is 5.91 Å². The first kappa shape index (κ1) is 24.1. The Morgan fingerprint density at radius 3 is 2.28 bits per heavy atom. The van der Waals surface area contributed by atoms with Gasteiger partial charge in [0, 0.05) is 30.9 Å². The van der Waals surface area contributed by atoms with Crippen molar-refractivity contribution >= 4 is 29.9 Å². The number of ether oxygens (including phenoxy) is 1. The summed E-state index contributed by atoms with van der Waals surface area (Å²) >= 11 is 0. The summed E-state index contributed by atoms with van der Waals surface area (Å²) in [6.07, 6.45) is 5.02. The molecule has 7 heteroatoms. The van der Waals surface area contributed by atoms with E-state index in [1.807, 2.05) is 42.5 Å². The first-order chi connectivity index (χ1) is 15.2. The van der Waals surface area contributed by atoms with Gasteiger partial charge in [-0.1, -0.05) is 24.6 Å². The number of nitrogens with zero attached hydrogens (tertiary/aromatic N) is 3. The topological polar surface area (TPSA) is 53.1 Å². The second-order valence-corrected chi connectivity index (χ2v) is 8.24. The van der Waals surface area contributed by atoms with Crippen LogP contribution in [0, 0.1) is 0 Å². The Balaban J connectivity index is 0.00000289. The predicted molar refractivity (Wildman–Crippen MR) is 129 cm³/mol. The lowest BCUT2D eigenvalue weighted by molar-refractivity contribution is -0.120. The van der Waals surface area contributed by atoms with Crippen molar-refractivity contribution in [3.8, 4) is 5.75 Å². The minimum absolute atomic E-state index is 0. The second kappa shape index (κ2) is 11.9. The monoisotopic (exact) mass is 457 g/mol. The van der Waals surface area contributed by atoms with Crippen LogP contribution in [-0.2, 0) is 4.79 Å². The van der Waals surface area contributed by atoms with Gasteiger partial charge >= 0.3 is 0 Å². The van der Waals surface area contributed by atoms with E-state index in [2.05, 4.69) is 4.90 Å². The molecule has 6 nitrogen and oxygen atoms in total. The number of carbonyl (C=O) groups is 2. The van der Waals surface area contributed by atoms with Crippen LogP contribution in [0.5, 0.6) is 5.75 Å². The van der Waals surface area contributed by atoms with Crippen LogP contribution in [0.4, 0.5) is 5.69 Å². The molecule has 0 aliphatic carbocycles. The van der Waals surface area contributed by atoms with Crippen LogP contribution in [-0.4, -0.2) is 67.5 Å². The normalized spacial score (nSPS) is 17.1. The molecule has 32 heavy (non-hydrogen) atoms. The van der Waals surface area contributed by atoms with Crippen molar-refractivity contribution in [1.29, 1.82) is 0 Å². The molecule has 2 aromatic rings. The van der Waals surface area contributed by atoms with E-state index in [1.165, 1.54) is 32.4 Å². The van der Waals surface area contributed by atoms with Crippen molar-refractivity contribution in [3.05, 3.63) is 60.2 Å². The average Bonchev–Trinajstić information content (AvgIpc) is 2.83. The molecule has 2 amide bonds. The van der Waals surface area contributed by atoms with Crippen molar-refractivity contribution in [2.75, 3.05) is 50.8 Å². The lowest BCUT2D eigenvalue weighted by Gasteiger charge is -2.34. The second-order valence-electron chi connectivity index (χ2n) is 8.24. The van der Waals surface area contributed by atoms with Crippen LogP contribution in [0.15, 0.2) is 54.6 Å². The van der Waals surface area contributed by atoms with E-state index < -0.39 is 0 Å². The highest BCUT2D eigenvalue weighted by Gasteiger charge is 2.28. The van der Waals surface area contributed by atoms with E-state index in [0.717, 1.165) is 24.4 Å². The zero-order valence-electron chi connectivity index (χ0n) is 18.4. The number of piperidine rings is 1. The fraction of sp³-hybridized carbons (Fsp3) is 0.440. The SMILES string of the molecule is Cl.O=C(c1ccccc1)N1CCN(c2ccc(OCCCN3CCCCC3)cc2)C(=O)C1. The fourth-order valence-corrected chi connectivity index (χ4v) is 4.27. The Morgan fingerprint density at radius 1 is 0.875 bits per heavy atom. The molecular weight excluding hydrogens is 426 g/mol.